The van der Waals surface area contributed by atoms with Crippen LogP contribution in [0.25, 0.3) is 0 Å². The highest BCUT2D eigenvalue weighted by molar-refractivity contribution is 7.85. The van der Waals surface area contributed by atoms with Gasteiger partial charge in [-0.25, -0.2) is 0 Å². The summed E-state index contributed by atoms with van der Waals surface area (Å²) in [5, 5.41) is 0. The Bertz CT molecular complexity index is 238. The Morgan fingerprint density at radius 2 is 1.93 bits per heavy atom. The average Bonchev–Trinajstić information content (AvgIpc) is 2.14. The minimum Gasteiger partial charge on any atom is -0.466 e. The lowest BCUT2D eigenvalue weighted by Crippen LogP contribution is -2.18. The molecule has 0 spiro atoms. The summed E-state index contributed by atoms with van der Waals surface area (Å²) in [5.41, 5.74) is 0. The van der Waals surface area contributed by atoms with Crippen molar-refractivity contribution in [3.05, 3.63) is 0 Å². The highest BCUT2D eigenvalue weighted by Crippen LogP contribution is 1.96. The number of Topliss-reactive ketones (excluding diaryl/α,β-unsaturated/α-hetero) is 1. The molecule has 0 aromatic rings. The van der Waals surface area contributed by atoms with Crippen LogP contribution in [0.4, 0.5) is 0 Å². The van der Waals surface area contributed by atoms with E-state index in [0.29, 0.717) is 5.75 Å². The predicted molar refractivity (Wildman–Crippen MR) is 59.0 cm³/mol. The third-order valence-corrected chi connectivity index (χ3v) is 3.08. The second-order valence-corrected chi connectivity index (χ2v) is 4.74. The number of hydrogen-bond donors (Lipinski definition) is 0. The Hall–Kier alpha value is -0.710. The van der Waals surface area contributed by atoms with Crippen molar-refractivity contribution in [1.82, 2.24) is 0 Å². The van der Waals surface area contributed by atoms with Crippen molar-refractivity contribution < 1.29 is 18.5 Å². The summed E-state index contributed by atoms with van der Waals surface area (Å²) in [7, 11) is -1.13. The molecule has 1 unspecified atom stereocenters. The number of carbonyl (C=O) groups is 2. The van der Waals surface area contributed by atoms with E-state index in [9.17, 15) is 13.8 Å². The monoisotopic (exact) mass is 234 g/mol. The lowest BCUT2D eigenvalue weighted by molar-refractivity contribution is -0.145. The summed E-state index contributed by atoms with van der Waals surface area (Å²) in [5.74, 6) is -0.331. The first-order valence-electron chi connectivity index (χ1n) is 5.12. The molecule has 0 rings (SSSR count). The van der Waals surface area contributed by atoms with E-state index in [-0.39, 0.29) is 24.6 Å². The molecule has 0 N–H and O–H groups in total. The van der Waals surface area contributed by atoms with Crippen LogP contribution < -0.4 is 0 Å². The van der Waals surface area contributed by atoms with Crippen LogP contribution in [0.5, 0.6) is 0 Å². The van der Waals surface area contributed by atoms with Gasteiger partial charge in [-0.05, 0) is 13.3 Å². The molecule has 5 heteroatoms. The average molecular weight is 234 g/mol. The van der Waals surface area contributed by atoms with Gasteiger partial charge in [0, 0.05) is 16.6 Å². The van der Waals surface area contributed by atoms with Crippen molar-refractivity contribution in [2.24, 2.45) is 0 Å². The van der Waals surface area contributed by atoms with E-state index in [1.165, 1.54) is 0 Å². The number of ketones is 1. The van der Waals surface area contributed by atoms with Gasteiger partial charge in [0.1, 0.15) is 6.42 Å². The molecule has 0 saturated heterocycles. The molecular weight excluding hydrogens is 216 g/mol. The number of esters is 1. The summed E-state index contributed by atoms with van der Waals surface area (Å²) < 4.78 is 15.9. The fourth-order valence-electron chi connectivity index (χ4n) is 0.981. The third kappa shape index (κ3) is 8.30. The van der Waals surface area contributed by atoms with Gasteiger partial charge in [0.15, 0.2) is 5.78 Å². The summed E-state index contributed by atoms with van der Waals surface area (Å²) in [6.07, 6.45) is 1.54. The van der Waals surface area contributed by atoms with Crippen LogP contribution in [0.2, 0.25) is 0 Å². The van der Waals surface area contributed by atoms with E-state index in [2.05, 4.69) is 4.74 Å². The Balaban J connectivity index is 3.73. The van der Waals surface area contributed by atoms with Gasteiger partial charge in [-0.3, -0.25) is 13.8 Å². The van der Waals surface area contributed by atoms with Crippen molar-refractivity contribution in [2.75, 3.05) is 18.1 Å². The lowest BCUT2D eigenvalue weighted by Gasteiger charge is -2.01. The quantitative estimate of drug-likeness (QED) is 0.465. The van der Waals surface area contributed by atoms with Gasteiger partial charge in [0.25, 0.3) is 0 Å². The highest BCUT2D eigenvalue weighted by atomic mass is 32.2. The third-order valence-electron chi connectivity index (χ3n) is 1.69. The normalized spacial score (nSPS) is 12.1. The SMILES string of the molecule is CCCCS(=O)CC(=O)CC(=O)OCC. The molecule has 4 nitrogen and oxygen atoms in total. The van der Waals surface area contributed by atoms with Crippen LogP contribution in [-0.2, 0) is 25.1 Å². The second-order valence-electron chi connectivity index (χ2n) is 3.16. The van der Waals surface area contributed by atoms with E-state index in [1.54, 1.807) is 6.92 Å². The Morgan fingerprint density at radius 1 is 1.27 bits per heavy atom. The molecule has 0 saturated carbocycles. The van der Waals surface area contributed by atoms with E-state index in [0.717, 1.165) is 12.8 Å². The smallest absolute Gasteiger partial charge is 0.313 e. The highest BCUT2D eigenvalue weighted by Gasteiger charge is 2.13. The van der Waals surface area contributed by atoms with Crippen molar-refractivity contribution >= 4 is 22.6 Å². The maximum atomic E-state index is 11.3. The molecule has 15 heavy (non-hydrogen) atoms. The molecule has 0 heterocycles. The first kappa shape index (κ1) is 14.3. The molecule has 1 atom stereocenters. The largest absolute Gasteiger partial charge is 0.466 e. The molecule has 0 aliphatic rings. The van der Waals surface area contributed by atoms with Crippen LogP contribution in [0.3, 0.4) is 0 Å². The number of hydrogen-bond acceptors (Lipinski definition) is 4. The maximum Gasteiger partial charge on any atom is 0.313 e. The fraction of sp³-hybridized carbons (Fsp3) is 0.800. The van der Waals surface area contributed by atoms with Crippen LogP contribution in [-0.4, -0.2) is 34.1 Å². The van der Waals surface area contributed by atoms with Crippen LogP contribution in [0, 0.1) is 0 Å². The van der Waals surface area contributed by atoms with Gasteiger partial charge in [-0.15, -0.1) is 0 Å². The van der Waals surface area contributed by atoms with Crippen LogP contribution in [0.15, 0.2) is 0 Å². The molecular formula is C10H18O4S. The Kier molecular flexibility index (Phi) is 8.18. The topological polar surface area (TPSA) is 60.4 Å². The van der Waals surface area contributed by atoms with E-state index >= 15 is 0 Å². The Morgan fingerprint density at radius 3 is 2.47 bits per heavy atom. The number of rotatable bonds is 8. The molecule has 0 radical (unpaired) electrons. The molecule has 88 valence electrons. The summed E-state index contributed by atoms with van der Waals surface area (Å²) in [4.78, 5) is 22.1. The summed E-state index contributed by atoms with van der Waals surface area (Å²) in [6, 6.07) is 0. The number of ether oxygens (including phenoxy) is 1. The van der Waals surface area contributed by atoms with Gasteiger partial charge in [0.2, 0.25) is 0 Å². The maximum absolute atomic E-state index is 11.3. The Labute approximate surface area is 92.8 Å². The molecule has 0 aromatic carbocycles. The van der Waals surface area contributed by atoms with Crippen molar-refractivity contribution in [3.63, 3.8) is 0 Å². The lowest BCUT2D eigenvalue weighted by atomic mass is 10.3. The minimum atomic E-state index is -1.13. The summed E-state index contributed by atoms with van der Waals surface area (Å²) in [6.45, 7) is 3.95. The van der Waals surface area contributed by atoms with Crippen LogP contribution in [0.1, 0.15) is 33.1 Å². The van der Waals surface area contributed by atoms with Gasteiger partial charge < -0.3 is 4.74 Å². The molecule has 0 aliphatic heterocycles. The fourth-order valence-corrected chi connectivity index (χ4v) is 2.20. The zero-order valence-electron chi connectivity index (χ0n) is 9.28. The number of unbranched alkanes of at least 4 members (excludes halogenated alkanes) is 1. The van der Waals surface area contributed by atoms with Gasteiger partial charge in [0.05, 0.1) is 12.4 Å². The van der Waals surface area contributed by atoms with E-state index in [4.69, 9.17) is 0 Å². The molecule has 0 bridgehead atoms. The molecule has 0 aromatic heterocycles. The zero-order chi connectivity index (χ0) is 11.7. The molecule has 0 aliphatic carbocycles. The first-order valence-corrected chi connectivity index (χ1v) is 6.61. The van der Waals surface area contributed by atoms with E-state index < -0.39 is 16.8 Å². The van der Waals surface area contributed by atoms with Crippen molar-refractivity contribution in [1.29, 1.82) is 0 Å². The number of carbonyl (C=O) groups excluding carboxylic acids is 2. The van der Waals surface area contributed by atoms with E-state index in [1.807, 2.05) is 6.92 Å². The summed E-state index contributed by atoms with van der Waals surface area (Å²) >= 11 is 0. The minimum absolute atomic E-state index is 0.0290. The van der Waals surface area contributed by atoms with Crippen molar-refractivity contribution in [3.8, 4) is 0 Å². The first-order chi connectivity index (χ1) is 7.10. The predicted octanol–water partition coefficient (Wildman–Crippen LogP) is 1.06. The van der Waals surface area contributed by atoms with Gasteiger partial charge in [-0.1, -0.05) is 13.3 Å². The molecule has 0 fully saturated rings. The van der Waals surface area contributed by atoms with Gasteiger partial charge >= 0.3 is 5.97 Å². The van der Waals surface area contributed by atoms with Crippen molar-refractivity contribution in [2.45, 2.75) is 33.1 Å². The molecule has 0 amide bonds. The van der Waals surface area contributed by atoms with Gasteiger partial charge in [-0.2, -0.15) is 0 Å². The zero-order valence-corrected chi connectivity index (χ0v) is 10.1. The second kappa shape index (κ2) is 8.59. The van der Waals surface area contributed by atoms with Crippen LogP contribution >= 0.6 is 0 Å². The standard InChI is InChI=1S/C10H18O4S/c1-3-5-6-15(13)8-9(11)7-10(12)14-4-2/h3-8H2,1-2H3.